The molecule has 0 fully saturated rings. The predicted molar refractivity (Wildman–Crippen MR) is 91.9 cm³/mol. The molecule has 2 aliphatic rings. The van der Waals surface area contributed by atoms with E-state index >= 15 is 0 Å². The first-order valence-corrected chi connectivity index (χ1v) is 8.63. The molecule has 6 heteroatoms. The van der Waals surface area contributed by atoms with Crippen LogP contribution in [0.1, 0.15) is 24.8 Å². The van der Waals surface area contributed by atoms with E-state index in [0.717, 1.165) is 24.8 Å². The number of amides is 2. The van der Waals surface area contributed by atoms with Gasteiger partial charge < -0.3 is 15.0 Å². The highest BCUT2D eigenvalue weighted by molar-refractivity contribution is 6.30. The third kappa shape index (κ3) is 4.09. The van der Waals surface area contributed by atoms with Gasteiger partial charge in [0.15, 0.2) is 6.61 Å². The maximum absolute atomic E-state index is 12.2. The molecule has 0 radical (unpaired) electrons. The first-order valence-electron chi connectivity index (χ1n) is 8.25. The lowest BCUT2D eigenvalue weighted by molar-refractivity contribution is -0.133. The maximum atomic E-state index is 12.2. The lowest BCUT2D eigenvalue weighted by Gasteiger charge is -2.22. The van der Waals surface area contributed by atoms with Gasteiger partial charge in [-0.2, -0.15) is 0 Å². The number of nitrogens with zero attached hydrogens (tertiary/aromatic N) is 1. The number of hydrogen-bond acceptors (Lipinski definition) is 3. The van der Waals surface area contributed by atoms with E-state index in [1.807, 2.05) is 6.07 Å². The molecule has 0 unspecified atom stereocenters. The standard InChI is InChI=1S/C18H21ClN2O3/c19-15-6-7-16-14(10-15)11-21(17(22)12-24-16)9-8-20-18(23)13-4-2-1-3-5-13/h1-2,6-7,10,13H,3-5,8-9,11-12H2,(H,20,23)/t13-/m0/s1. The second-order valence-electron chi connectivity index (χ2n) is 6.13. The Bertz CT molecular complexity index is 660. The molecule has 1 aromatic rings. The highest BCUT2D eigenvalue weighted by Gasteiger charge is 2.22. The molecule has 1 aliphatic carbocycles. The van der Waals surface area contributed by atoms with Crippen LogP contribution in [0.5, 0.6) is 5.75 Å². The predicted octanol–water partition coefficient (Wildman–Crippen LogP) is 2.53. The van der Waals surface area contributed by atoms with Crippen LogP contribution in [-0.4, -0.2) is 36.4 Å². The second kappa shape index (κ2) is 7.71. The smallest absolute Gasteiger partial charge is 0.260 e. The molecule has 3 rings (SSSR count). The van der Waals surface area contributed by atoms with Gasteiger partial charge in [0.2, 0.25) is 5.91 Å². The highest BCUT2D eigenvalue weighted by Crippen LogP contribution is 2.26. The number of allylic oxidation sites excluding steroid dienone is 2. The van der Waals surface area contributed by atoms with E-state index in [4.69, 9.17) is 16.3 Å². The summed E-state index contributed by atoms with van der Waals surface area (Å²) in [5.74, 6) is 0.726. The number of hydrogen-bond donors (Lipinski definition) is 1. The van der Waals surface area contributed by atoms with Crippen molar-refractivity contribution in [1.82, 2.24) is 10.2 Å². The number of nitrogens with one attached hydrogen (secondary N) is 1. The zero-order valence-electron chi connectivity index (χ0n) is 13.5. The van der Waals surface area contributed by atoms with Crippen molar-refractivity contribution in [1.29, 1.82) is 0 Å². The molecule has 0 saturated heterocycles. The molecule has 0 bridgehead atoms. The van der Waals surface area contributed by atoms with Crippen molar-refractivity contribution in [2.45, 2.75) is 25.8 Å². The number of carbonyl (C=O) groups excluding carboxylic acids is 2. The minimum Gasteiger partial charge on any atom is -0.483 e. The average Bonchev–Trinajstić information content (AvgIpc) is 2.75. The Balaban J connectivity index is 1.55. The van der Waals surface area contributed by atoms with E-state index in [-0.39, 0.29) is 24.3 Å². The number of rotatable bonds is 4. The summed E-state index contributed by atoms with van der Waals surface area (Å²) >= 11 is 6.02. The summed E-state index contributed by atoms with van der Waals surface area (Å²) in [5, 5.41) is 3.56. The summed E-state index contributed by atoms with van der Waals surface area (Å²) in [6.45, 7) is 1.36. The van der Waals surface area contributed by atoms with Crippen molar-refractivity contribution in [2.24, 2.45) is 5.92 Å². The maximum Gasteiger partial charge on any atom is 0.260 e. The summed E-state index contributed by atoms with van der Waals surface area (Å²) in [7, 11) is 0. The fourth-order valence-electron chi connectivity index (χ4n) is 3.03. The Hall–Kier alpha value is -2.01. The molecule has 1 aliphatic heterocycles. The minimum absolute atomic E-state index is 0.00992. The fraction of sp³-hybridized carbons (Fsp3) is 0.444. The number of carbonyl (C=O) groups is 2. The number of ether oxygens (including phenoxy) is 1. The van der Waals surface area contributed by atoms with Gasteiger partial charge in [-0.05, 0) is 37.5 Å². The summed E-state index contributed by atoms with van der Waals surface area (Å²) in [5.41, 5.74) is 0.886. The Labute approximate surface area is 146 Å². The Morgan fingerprint density at radius 3 is 3.04 bits per heavy atom. The molecule has 1 aromatic carbocycles. The van der Waals surface area contributed by atoms with E-state index in [1.165, 1.54) is 0 Å². The molecular weight excluding hydrogens is 328 g/mol. The quantitative estimate of drug-likeness (QED) is 0.851. The van der Waals surface area contributed by atoms with Crippen molar-refractivity contribution in [2.75, 3.05) is 19.7 Å². The van der Waals surface area contributed by atoms with Crippen LogP contribution in [0.2, 0.25) is 5.02 Å². The van der Waals surface area contributed by atoms with Crippen molar-refractivity contribution < 1.29 is 14.3 Å². The number of benzene rings is 1. The normalized spacial score (nSPS) is 20.1. The summed E-state index contributed by atoms with van der Waals surface area (Å²) < 4.78 is 5.52. The van der Waals surface area contributed by atoms with E-state index in [0.29, 0.717) is 30.4 Å². The van der Waals surface area contributed by atoms with Crippen LogP contribution in [-0.2, 0) is 16.1 Å². The van der Waals surface area contributed by atoms with Gasteiger partial charge in [0.05, 0.1) is 0 Å². The molecular formula is C18H21ClN2O3. The Morgan fingerprint density at radius 1 is 1.38 bits per heavy atom. The molecule has 0 spiro atoms. The minimum atomic E-state index is -0.0860. The first kappa shape index (κ1) is 16.8. The van der Waals surface area contributed by atoms with Crippen LogP contribution < -0.4 is 10.1 Å². The summed E-state index contributed by atoms with van der Waals surface area (Å²) in [6.07, 6.45) is 6.82. The lowest BCUT2D eigenvalue weighted by Crippen LogP contribution is -2.40. The van der Waals surface area contributed by atoms with Crippen LogP contribution in [0.25, 0.3) is 0 Å². The number of fused-ring (bicyclic) bond motifs is 1. The van der Waals surface area contributed by atoms with Crippen LogP contribution in [0, 0.1) is 5.92 Å². The van der Waals surface area contributed by atoms with E-state index in [2.05, 4.69) is 17.5 Å². The molecule has 1 heterocycles. The van der Waals surface area contributed by atoms with Gasteiger partial charge in [-0.1, -0.05) is 23.8 Å². The molecule has 24 heavy (non-hydrogen) atoms. The van der Waals surface area contributed by atoms with Crippen molar-refractivity contribution in [3.05, 3.63) is 40.9 Å². The van der Waals surface area contributed by atoms with Gasteiger partial charge in [0.25, 0.3) is 5.91 Å². The first-order chi connectivity index (χ1) is 11.6. The summed E-state index contributed by atoms with van der Waals surface area (Å²) in [4.78, 5) is 26.0. The van der Waals surface area contributed by atoms with Gasteiger partial charge in [-0.25, -0.2) is 0 Å². The number of halogens is 1. The van der Waals surface area contributed by atoms with E-state index in [1.54, 1.807) is 17.0 Å². The molecule has 128 valence electrons. The van der Waals surface area contributed by atoms with Gasteiger partial charge in [-0.3, -0.25) is 9.59 Å². The highest BCUT2D eigenvalue weighted by atomic mass is 35.5. The van der Waals surface area contributed by atoms with E-state index < -0.39 is 0 Å². The van der Waals surface area contributed by atoms with Crippen molar-refractivity contribution in [3.8, 4) is 5.75 Å². The molecule has 0 aromatic heterocycles. The van der Waals surface area contributed by atoms with Crippen LogP contribution in [0.4, 0.5) is 0 Å². The van der Waals surface area contributed by atoms with Gasteiger partial charge in [0.1, 0.15) is 5.75 Å². The monoisotopic (exact) mass is 348 g/mol. The van der Waals surface area contributed by atoms with Crippen LogP contribution >= 0.6 is 11.6 Å². The average molecular weight is 349 g/mol. The van der Waals surface area contributed by atoms with Gasteiger partial charge >= 0.3 is 0 Å². The van der Waals surface area contributed by atoms with Crippen LogP contribution in [0.3, 0.4) is 0 Å². The molecule has 0 saturated carbocycles. The second-order valence-corrected chi connectivity index (χ2v) is 6.56. The lowest BCUT2D eigenvalue weighted by atomic mass is 9.94. The third-order valence-electron chi connectivity index (χ3n) is 4.41. The van der Waals surface area contributed by atoms with Crippen LogP contribution in [0.15, 0.2) is 30.4 Å². The Kier molecular flexibility index (Phi) is 5.41. The molecule has 1 atom stereocenters. The summed E-state index contributed by atoms with van der Waals surface area (Å²) in [6, 6.07) is 5.35. The third-order valence-corrected chi connectivity index (χ3v) is 4.64. The zero-order chi connectivity index (χ0) is 16.9. The van der Waals surface area contributed by atoms with Crippen molar-refractivity contribution >= 4 is 23.4 Å². The largest absolute Gasteiger partial charge is 0.483 e. The van der Waals surface area contributed by atoms with Gasteiger partial charge in [-0.15, -0.1) is 0 Å². The SMILES string of the molecule is O=C(NCCN1Cc2cc(Cl)ccc2OCC1=O)[C@H]1CC=CCC1. The van der Waals surface area contributed by atoms with Gasteiger partial charge in [0, 0.05) is 36.1 Å². The zero-order valence-corrected chi connectivity index (χ0v) is 14.2. The molecule has 5 nitrogen and oxygen atoms in total. The fourth-order valence-corrected chi connectivity index (χ4v) is 3.23. The van der Waals surface area contributed by atoms with E-state index in [9.17, 15) is 9.59 Å². The molecule has 1 N–H and O–H groups in total. The Morgan fingerprint density at radius 2 is 2.25 bits per heavy atom. The molecule has 2 amide bonds. The van der Waals surface area contributed by atoms with Crippen molar-refractivity contribution in [3.63, 3.8) is 0 Å². The topological polar surface area (TPSA) is 58.6 Å².